The van der Waals surface area contributed by atoms with Gasteiger partial charge < -0.3 is 14.7 Å². The number of ether oxygens (including phenoxy) is 1. The highest BCUT2D eigenvalue weighted by atomic mass is 32.1. The summed E-state index contributed by atoms with van der Waals surface area (Å²) in [5, 5.41) is 13.3. The number of aliphatic carboxylic acids is 1. The molecule has 1 aromatic heterocycles. The molecule has 21 heavy (non-hydrogen) atoms. The summed E-state index contributed by atoms with van der Waals surface area (Å²) < 4.78 is 5.02. The maximum atomic E-state index is 12.4. The third-order valence-electron chi connectivity index (χ3n) is 4.09. The number of carbonyl (C=O) groups is 2. The van der Waals surface area contributed by atoms with E-state index < -0.39 is 11.4 Å². The summed E-state index contributed by atoms with van der Waals surface area (Å²) in [6, 6.07) is 1.79. The molecule has 1 amide bonds. The number of rotatable bonds is 6. The molecule has 0 saturated carbocycles. The second kappa shape index (κ2) is 7.04. The number of thiophene rings is 1. The molecule has 0 bridgehead atoms. The molecule has 1 aromatic rings. The minimum atomic E-state index is -0.831. The highest BCUT2D eigenvalue weighted by Gasteiger charge is 2.43. The van der Waals surface area contributed by atoms with Crippen molar-refractivity contribution in [2.45, 2.75) is 25.7 Å². The van der Waals surface area contributed by atoms with Gasteiger partial charge in [0, 0.05) is 32.2 Å². The molecule has 0 spiro atoms. The topological polar surface area (TPSA) is 66.8 Å². The summed E-state index contributed by atoms with van der Waals surface area (Å²) in [5.41, 5.74) is -0.180. The highest BCUT2D eigenvalue weighted by molar-refractivity contribution is 7.08. The van der Waals surface area contributed by atoms with Crippen LogP contribution in [0.3, 0.4) is 0 Å². The van der Waals surface area contributed by atoms with E-state index in [-0.39, 0.29) is 5.91 Å². The van der Waals surface area contributed by atoms with Crippen molar-refractivity contribution in [2.24, 2.45) is 5.41 Å². The van der Waals surface area contributed by atoms with Gasteiger partial charge in [0.15, 0.2) is 0 Å². The quantitative estimate of drug-likeness (QED) is 0.820. The Hall–Kier alpha value is -1.40. The molecule has 1 aliphatic rings. The molecule has 2 heterocycles. The Balaban J connectivity index is 2.09. The van der Waals surface area contributed by atoms with Gasteiger partial charge in [-0.15, -0.1) is 0 Å². The summed E-state index contributed by atoms with van der Waals surface area (Å²) in [4.78, 5) is 25.9. The second-order valence-electron chi connectivity index (χ2n) is 5.52. The van der Waals surface area contributed by atoms with Crippen LogP contribution in [0.2, 0.25) is 0 Å². The van der Waals surface area contributed by atoms with E-state index in [1.165, 1.54) is 11.3 Å². The first-order chi connectivity index (χ1) is 10.1. The predicted molar refractivity (Wildman–Crippen MR) is 80.6 cm³/mol. The third kappa shape index (κ3) is 3.63. The van der Waals surface area contributed by atoms with Gasteiger partial charge in [0.05, 0.1) is 11.0 Å². The first-order valence-corrected chi connectivity index (χ1v) is 8.07. The van der Waals surface area contributed by atoms with E-state index in [1.807, 2.05) is 10.8 Å². The molecule has 1 N–H and O–H groups in total. The van der Waals surface area contributed by atoms with Crippen molar-refractivity contribution in [1.82, 2.24) is 4.90 Å². The van der Waals surface area contributed by atoms with Crippen LogP contribution in [0, 0.1) is 5.41 Å². The van der Waals surface area contributed by atoms with Crippen molar-refractivity contribution in [1.29, 1.82) is 0 Å². The smallest absolute Gasteiger partial charge is 0.311 e. The molecular formula is C15H21NO4S. The van der Waals surface area contributed by atoms with E-state index in [2.05, 4.69) is 0 Å². The maximum absolute atomic E-state index is 12.4. The van der Waals surface area contributed by atoms with E-state index in [1.54, 1.807) is 18.1 Å². The number of carboxylic acid groups (broad SMARTS) is 1. The highest BCUT2D eigenvalue weighted by Crippen LogP contribution is 2.35. The van der Waals surface area contributed by atoms with Gasteiger partial charge in [-0.2, -0.15) is 11.3 Å². The molecule has 0 aromatic carbocycles. The van der Waals surface area contributed by atoms with Gasteiger partial charge in [-0.3, -0.25) is 9.59 Å². The molecule has 0 aliphatic carbocycles. The number of carboxylic acids is 1. The van der Waals surface area contributed by atoms with Crippen molar-refractivity contribution >= 4 is 23.2 Å². The Bertz CT molecular complexity index is 488. The zero-order valence-electron chi connectivity index (χ0n) is 12.2. The summed E-state index contributed by atoms with van der Waals surface area (Å²) in [7, 11) is 1.61. The fourth-order valence-corrected chi connectivity index (χ4v) is 3.54. The normalized spacial score (nSPS) is 22.2. The van der Waals surface area contributed by atoms with Gasteiger partial charge in [0.25, 0.3) is 5.91 Å². The number of hydrogen-bond acceptors (Lipinski definition) is 4. The fourth-order valence-electron chi connectivity index (χ4n) is 2.91. The Morgan fingerprint density at radius 3 is 2.95 bits per heavy atom. The lowest BCUT2D eigenvalue weighted by Gasteiger charge is -2.40. The lowest BCUT2D eigenvalue weighted by Crippen LogP contribution is -2.50. The Morgan fingerprint density at radius 2 is 2.33 bits per heavy atom. The lowest BCUT2D eigenvalue weighted by atomic mass is 9.76. The Labute approximate surface area is 128 Å². The van der Waals surface area contributed by atoms with Crippen molar-refractivity contribution < 1.29 is 19.4 Å². The number of methoxy groups -OCH3 is 1. The molecule has 1 saturated heterocycles. The number of hydrogen-bond donors (Lipinski definition) is 1. The molecule has 2 rings (SSSR count). The molecular weight excluding hydrogens is 290 g/mol. The number of nitrogens with zero attached hydrogens (tertiary/aromatic N) is 1. The van der Waals surface area contributed by atoms with E-state index >= 15 is 0 Å². The summed E-state index contributed by atoms with van der Waals surface area (Å²) >= 11 is 1.47. The van der Waals surface area contributed by atoms with Crippen LogP contribution in [-0.2, 0) is 9.53 Å². The van der Waals surface area contributed by atoms with Crippen molar-refractivity contribution in [3.63, 3.8) is 0 Å². The van der Waals surface area contributed by atoms with Gasteiger partial charge in [-0.05, 0) is 37.1 Å². The van der Waals surface area contributed by atoms with Crippen molar-refractivity contribution in [2.75, 3.05) is 26.8 Å². The summed E-state index contributed by atoms with van der Waals surface area (Å²) in [6.07, 6.45) is 2.60. The van der Waals surface area contributed by atoms with Crippen LogP contribution >= 0.6 is 11.3 Å². The Kier molecular flexibility index (Phi) is 5.36. The third-order valence-corrected chi connectivity index (χ3v) is 4.77. The van der Waals surface area contributed by atoms with Crippen molar-refractivity contribution in [3.05, 3.63) is 22.4 Å². The largest absolute Gasteiger partial charge is 0.481 e. The first-order valence-electron chi connectivity index (χ1n) is 7.13. The van der Waals surface area contributed by atoms with E-state index in [4.69, 9.17) is 4.74 Å². The minimum absolute atomic E-state index is 0.0617. The average molecular weight is 311 g/mol. The SMILES string of the molecule is COCCC[C@]1(C(=O)O)CCCN(C(=O)c2ccsc2)C1. The van der Waals surface area contributed by atoms with Crippen LogP contribution in [0.25, 0.3) is 0 Å². The second-order valence-corrected chi connectivity index (χ2v) is 6.30. The monoisotopic (exact) mass is 311 g/mol. The number of likely N-dealkylation sites (tertiary alicyclic amines) is 1. The number of piperidine rings is 1. The van der Waals surface area contributed by atoms with Gasteiger partial charge in [0.2, 0.25) is 0 Å². The summed E-state index contributed by atoms with van der Waals surface area (Å²) in [6.45, 7) is 1.47. The molecule has 1 atom stereocenters. The van der Waals surface area contributed by atoms with Crippen LogP contribution < -0.4 is 0 Å². The molecule has 1 fully saturated rings. The zero-order chi connectivity index (χ0) is 15.3. The molecule has 0 unspecified atom stereocenters. The lowest BCUT2D eigenvalue weighted by molar-refractivity contribution is -0.152. The molecule has 5 nitrogen and oxygen atoms in total. The van der Waals surface area contributed by atoms with E-state index in [0.717, 1.165) is 6.42 Å². The Morgan fingerprint density at radius 1 is 1.52 bits per heavy atom. The molecule has 0 radical (unpaired) electrons. The standard InChI is InChI=1S/C15H21NO4S/c1-20-8-3-6-15(14(18)19)5-2-7-16(11-15)13(17)12-4-9-21-10-12/h4,9-10H,2-3,5-8,11H2,1H3,(H,18,19)/t15-/m1/s1. The number of carbonyl (C=O) groups excluding carboxylic acids is 1. The van der Waals surface area contributed by atoms with Crippen LogP contribution in [0.4, 0.5) is 0 Å². The van der Waals surface area contributed by atoms with Crippen LogP contribution in [-0.4, -0.2) is 48.7 Å². The average Bonchev–Trinajstić information content (AvgIpc) is 3.01. The minimum Gasteiger partial charge on any atom is -0.481 e. The van der Waals surface area contributed by atoms with Gasteiger partial charge in [0.1, 0.15) is 0 Å². The van der Waals surface area contributed by atoms with Crippen molar-refractivity contribution in [3.8, 4) is 0 Å². The molecule has 116 valence electrons. The molecule has 1 aliphatic heterocycles. The number of amides is 1. The van der Waals surface area contributed by atoms with E-state index in [0.29, 0.717) is 44.5 Å². The fraction of sp³-hybridized carbons (Fsp3) is 0.600. The van der Waals surface area contributed by atoms with Gasteiger partial charge in [-0.1, -0.05) is 0 Å². The van der Waals surface area contributed by atoms with Gasteiger partial charge >= 0.3 is 5.97 Å². The van der Waals surface area contributed by atoms with Crippen LogP contribution in [0.5, 0.6) is 0 Å². The van der Waals surface area contributed by atoms with Gasteiger partial charge in [-0.25, -0.2) is 0 Å². The zero-order valence-corrected chi connectivity index (χ0v) is 13.0. The molecule has 6 heteroatoms. The van der Waals surface area contributed by atoms with E-state index in [9.17, 15) is 14.7 Å². The predicted octanol–water partition coefficient (Wildman–Crippen LogP) is 2.48. The van der Waals surface area contributed by atoms with Crippen LogP contribution in [0.1, 0.15) is 36.0 Å². The summed E-state index contributed by atoms with van der Waals surface area (Å²) in [5.74, 6) is -0.866. The maximum Gasteiger partial charge on any atom is 0.311 e. The van der Waals surface area contributed by atoms with Crippen LogP contribution in [0.15, 0.2) is 16.8 Å². The first kappa shape index (κ1) is 16.0.